The molecule has 2 heterocycles. The van der Waals surface area contributed by atoms with Crippen molar-refractivity contribution in [2.45, 2.75) is 19.5 Å². The second-order valence-corrected chi connectivity index (χ2v) is 4.58. The Morgan fingerprint density at radius 3 is 2.94 bits per heavy atom. The molecule has 1 fully saturated rings. The number of ether oxygens (including phenoxy) is 1. The maximum atomic E-state index is 12.1. The van der Waals surface area contributed by atoms with Crippen LogP contribution < -0.4 is 11.1 Å². The van der Waals surface area contributed by atoms with Gasteiger partial charge in [-0.05, 0) is 24.6 Å². The van der Waals surface area contributed by atoms with Crippen molar-refractivity contribution in [1.82, 2.24) is 10.3 Å². The van der Waals surface area contributed by atoms with E-state index in [1.807, 2.05) is 19.1 Å². The van der Waals surface area contributed by atoms with Gasteiger partial charge in [0.05, 0.1) is 18.6 Å². The summed E-state index contributed by atoms with van der Waals surface area (Å²) in [6.45, 7) is 3.16. The first-order valence-electron chi connectivity index (χ1n) is 5.63. The molecule has 2 unspecified atom stereocenters. The second-order valence-electron chi connectivity index (χ2n) is 4.58. The predicted molar refractivity (Wildman–Crippen MR) is 63.0 cm³/mol. The van der Waals surface area contributed by atoms with Crippen LogP contribution in [0.3, 0.4) is 0 Å². The highest BCUT2D eigenvalue weighted by Gasteiger charge is 2.44. The minimum Gasteiger partial charge on any atom is -0.379 e. The lowest BCUT2D eigenvalue weighted by Crippen LogP contribution is -2.49. The van der Waals surface area contributed by atoms with Crippen molar-refractivity contribution in [1.29, 1.82) is 0 Å². The summed E-state index contributed by atoms with van der Waals surface area (Å²) in [5.74, 6) is -0.0562. The van der Waals surface area contributed by atoms with E-state index in [4.69, 9.17) is 10.5 Å². The maximum Gasteiger partial charge on any atom is 0.230 e. The van der Waals surface area contributed by atoms with E-state index in [1.165, 1.54) is 0 Å². The highest BCUT2D eigenvalue weighted by atomic mass is 16.5. The number of carbonyl (C=O) groups is 1. The molecule has 0 aliphatic carbocycles. The van der Waals surface area contributed by atoms with Gasteiger partial charge in [0.15, 0.2) is 0 Å². The summed E-state index contributed by atoms with van der Waals surface area (Å²) in [5, 5.41) is 2.89. The van der Waals surface area contributed by atoms with E-state index < -0.39 is 5.41 Å². The number of hydrogen-bond donors (Lipinski definition) is 2. The van der Waals surface area contributed by atoms with Crippen LogP contribution in [0, 0.1) is 5.41 Å². The maximum absolute atomic E-state index is 12.1. The van der Waals surface area contributed by atoms with Gasteiger partial charge in [0.25, 0.3) is 0 Å². The molecule has 3 N–H and O–H groups in total. The van der Waals surface area contributed by atoms with Gasteiger partial charge in [0, 0.05) is 25.0 Å². The van der Waals surface area contributed by atoms with Crippen LogP contribution in [-0.4, -0.2) is 30.1 Å². The molecule has 1 aromatic heterocycles. The summed E-state index contributed by atoms with van der Waals surface area (Å²) in [4.78, 5) is 16.0. The number of pyridine rings is 1. The lowest BCUT2D eigenvalue weighted by atomic mass is 9.85. The van der Waals surface area contributed by atoms with Crippen molar-refractivity contribution in [3.63, 3.8) is 0 Å². The van der Waals surface area contributed by atoms with Gasteiger partial charge in [-0.3, -0.25) is 9.78 Å². The smallest absolute Gasteiger partial charge is 0.230 e. The van der Waals surface area contributed by atoms with Crippen LogP contribution in [0.2, 0.25) is 0 Å². The molecule has 1 aliphatic rings. The topological polar surface area (TPSA) is 77.2 Å². The van der Waals surface area contributed by atoms with Crippen LogP contribution in [0.1, 0.15) is 12.5 Å². The third kappa shape index (κ3) is 2.45. The molecule has 0 spiro atoms. The number of aromatic nitrogens is 1. The molecule has 17 heavy (non-hydrogen) atoms. The third-order valence-electron chi connectivity index (χ3n) is 3.24. The molecule has 92 valence electrons. The zero-order valence-electron chi connectivity index (χ0n) is 9.85. The zero-order chi connectivity index (χ0) is 12.3. The molecule has 1 aliphatic heterocycles. The average Bonchev–Trinajstić information content (AvgIpc) is 2.69. The first kappa shape index (κ1) is 12.0. The van der Waals surface area contributed by atoms with E-state index >= 15 is 0 Å². The summed E-state index contributed by atoms with van der Waals surface area (Å²) in [5.41, 5.74) is 6.29. The largest absolute Gasteiger partial charge is 0.379 e. The van der Waals surface area contributed by atoms with E-state index in [-0.39, 0.29) is 11.9 Å². The number of hydrogen-bond acceptors (Lipinski definition) is 4. The number of nitrogens with two attached hydrogens (primary N) is 1. The van der Waals surface area contributed by atoms with Crippen molar-refractivity contribution >= 4 is 5.91 Å². The van der Waals surface area contributed by atoms with Gasteiger partial charge in [-0.15, -0.1) is 0 Å². The fraction of sp³-hybridized carbons (Fsp3) is 0.500. The van der Waals surface area contributed by atoms with Gasteiger partial charge >= 0.3 is 0 Å². The zero-order valence-corrected chi connectivity index (χ0v) is 9.85. The molecule has 0 saturated carbocycles. The van der Waals surface area contributed by atoms with Gasteiger partial charge in [-0.2, -0.15) is 0 Å². The average molecular weight is 235 g/mol. The molecule has 2 atom stereocenters. The van der Waals surface area contributed by atoms with Crippen LogP contribution in [0.15, 0.2) is 24.5 Å². The van der Waals surface area contributed by atoms with Crippen LogP contribution in [0.4, 0.5) is 0 Å². The number of rotatable bonds is 3. The number of amides is 1. The van der Waals surface area contributed by atoms with Crippen LogP contribution in [0.25, 0.3) is 0 Å². The molecule has 0 radical (unpaired) electrons. The normalized spacial score (nSPS) is 28.0. The Hall–Kier alpha value is -1.46. The number of nitrogens with zero attached hydrogens (tertiary/aromatic N) is 1. The third-order valence-corrected chi connectivity index (χ3v) is 3.24. The molecular formula is C12H17N3O2. The van der Waals surface area contributed by atoms with Crippen LogP contribution in [0.5, 0.6) is 0 Å². The van der Waals surface area contributed by atoms with Gasteiger partial charge in [-0.25, -0.2) is 0 Å². The van der Waals surface area contributed by atoms with E-state index in [2.05, 4.69) is 10.3 Å². The Morgan fingerprint density at radius 2 is 2.35 bits per heavy atom. The monoisotopic (exact) mass is 235 g/mol. The molecule has 1 saturated heterocycles. The molecular weight excluding hydrogens is 218 g/mol. The Bertz CT molecular complexity index is 396. The van der Waals surface area contributed by atoms with E-state index in [0.717, 1.165) is 5.56 Å². The lowest BCUT2D eigenvalue weighted by molar-refractivity contribution is -0.130. The van der Waals surface area contributed by atoms with Crippen LogP contribution in [-0.2, 0) is 16.1 Å². The molecule has 5 nitrogen and oxygen atoms in total. The minimum atomic E-state index is -0.618. The van der Waals surface area contributed by atoms with E-state index in [0.29, 0.717) is 19.8 Å². The Labute approximate surface area is 100 Å². The van der Waals surface area contributed by atoms with Gasteiger partial charge < -0.3 is 15.8 Å². The standard InChI is InChI=1S/C12H17N3O2/c1-12(8-17-7-10(12)13)11(16)15-6-9-2-4-14-5-3-9/h2-5,10H,6-8,13H2,1H3,(H,15,16). The first-order chi connectivity index (χ1) is 8.13. The summed E-state index contributed by atoms with van der Waals surface area (Å²) < 4.78 is 5.25. The van der Waals surface area contributed by atoms with Gasteiger partial charge in [0.2, 0.25) is 5.91 Å². The summed E-state index contributed by atoms with van der Waals surface area (Å²) in [6.07, 6.45) is 3.40. The number of nitrogens with one attached hydrogen (secondary N) is 1. The lowest BCUT2D eigenvalue weighted by Gasteiger charge is -2.25. The summed E-state index contributed by atoms with van der Waals surface area (Å²) in [7, 11) is 0. The summed E-state index contributed by atoms with van der Waals surface area (Å²) >= 11 is 0. The molecule has 0 aromatic carbocycles. The fourth-order valence-electron chi connectivity index (χ4n) is 1.81. The van der Waals surface area contributed by atoms with Gasteiger partial charge in [-0.1, -0.05) is 0 Å². The molecule has 1 amide bonds. The Balaban J connectivity index is 1.94. The highest BCUT2D eigenvalue weighted by molar-refractivity contribution is 5.83. The van der Waals surface area contributed by atoms with Crippen molar-refractivity contribution < 1.29 is 9.53 Å². The van der Waals surface area contributed by atoms with Gasteiger partial charge in [0.1, 0.15) is 0 Å². The molecule has 5 heteroatoms. The van der Waals surface area contributed by atoms with E-state index in [9.17, 15) is 4.79 Å². The Kier molecular flexibility index (Phi) is 3.40. The molecule has 1 aromatic rings. The minimum absolute atomic E-state index is 0.0562. The van der Waals surface area contributed by atoms with Crippen molar-refractivity contribution in [2.75, 3.05) is 13.2 Å². The van der Waals surface area contributed by atoms with Crippen molar-refractivity contribution in [2.24, 2.45) is 11.1 Å². The van der Waals surface area contributed by atoms with Crippen LogP contribution >= 0.6 is 0 Å². The van der Waals surface area contributed by atoms with Crippen molar-refractivity contribution in [3.8, 4) is 0 Å². The molecule has 0 bridgehead atoms. The predicted octanol–water partition coefficient (Wildman–Crippen LogP) is 0.0616. The first-order valence-corrected chi connectivity index (χ1v) is 5.63. The fourth-order valence-corrected chi connectivity index (χ4v) is 1.81. The van der Waals surface area contributed by atoms with Crippen molar-refractivity contribution in [3.05, 3.63) is 30.1 Å². The second kappa shape index (κ2) is 4.81. The molecule has 2 rings (SSSR count). The quantitative estimate of drug-likeness (QED) is 0.776. The van der Waals surface area contributed by atoms with E-state index in [1.54, 1.807) is 12.4 Å². The highest BCUT2D eigenvalue weighted by Crippen LogP contribution is 2.27. The number of carbonyl (C=O) groups excluding carboxylic acids is 1. The SMILES string of the molecule is CC1(C(=O)NCc2ccncc2)COCC1N. The Morgan fingerprint density at radius 1 is 1.65 bits per heavy atom. The summed E-state index contributed by atoms with van der Waals surface area (Å²) in [6, 6.07) is 3.50.